The number of carbonyl (C=O) groups is 1. The zero-order valence-corrected chi connectivity index (χ0v) is 17.9. The van der Waals surface area contributed by atoms with Crippen molar-refractivity contribution in [2.24, 2.45) is 4.99 Å². The molecule has 0 spiro atoms. The summed E-state index contributed by atoms with van der Waals surface area (Å²) in [5.74, 6) is -0.190. The van der Waals surface area contributed by atoms with Crippen molar-refractivity contribution in [3.63, 3.8) is 0 Å². The van der Waals surface area contributed by atoms with E-state index in [0.717, 1.165) is 33.7 Å². The predicted octanol–water partition coefficient (Wildman–Crippen LogP) is 4.42. The molecule has 154 valence electrons. The maximum absolute atomic E-state index is 12.5. The fourth-order valence-corrected chi connectivity index (χ4v) is 3.30. The molecule has 0 aliphatic carbocycles. The normalized spacial score (nSPS) is 16.7. The molecule has 1 unspecified atom stereocenters. The Morgan fingerprint density at radius 2 is 2.07 bits per heavy atom. The molecule has 1 atom stereocenters. The van der Waals surface area contributed by atoms with E-state index < -0.39 is 0 Å². The summed E-state index contributed by atoms with van der Waals surface area (Å²) >= 11 is 0. The maximum Gasteiger partial charge on any atom is 0.265 e. The van der Waals surface area contributed by atoms with Crippen LogP contribution in [0.1, 0.15) is 43.2 Å². The van der Waals surface area contributed by atoms with Gasteiger partial charge in [-0.1, -0.05) is 48.6 Å². The molecule has 5 heteroatoms. The third kappa shape index (κ3) is 5.32. The average Bonchev–Trinajstić information content (AvgIpc) is 2.76. The third-order valence-corrected chi connectivity index (χ3v) is 4.87. The molecule has 2 heterocycles. The van der Waals surface area contributed by atoms with E-state index in [1.165, 1.54) is 0 Å². The highest BCUT2D eigenvalue weighted by atomic mass is 16.1. The molecule has 1 aromatic carbocycles. The van der Waals surface area contributed by atoms with Crippen LogP contribution in [-0.2, 0) is 11.3 Å². The number of rotatable bonds is 6. The first-order chi connectivity index (χ1) is 14.5. The Morgan fingerprint density at radius 3 is 2.73 bits per heavy atom. The van der Waals surface area contributed by atoms with Gasteiger partial charge in [0, 0.05) is 18.8 Å². The Balaban J connectivity index is 1.65. The zero-order chi connectivity index (χ0) is 21.5. The molecular weight excluding hydrogens is 372 g/mol. The first-order valence-corrected chi connectivity index (χ1v) is 10.1. The van der Waals surface area contributed by atoms with Gasteiger partial charge in [0.1, 0.15) is 5.71 Å². The van der Waals surface area contributed by atoms with Crippen LogP contribution in [0.25, 0.3) is 11.3 Å². The second-order valence-corrected chi connectivity index (χ2v) is 7.34. The van der Waals surface area contributed by atoms with Gasteiger partial charge in [-0.05, 0) is 62.2 Å². The molecule has 5 nitrogen and oxygen atoms in total. The van der Waals surface area contributed by atoms with Gasteiger partial charge in [0.05, 0.1) is 11.4 Å². The van der Waals surface area contributed by atoms with Gasteiger partial charge in [-0.15, -0.1) is 0 Å². The topological polar surface area (TPSA) is 66.4 Å². The lowest BCUT2D eigenvalue weighted by Crippen LogP contribution is -2.29. The minimum atomic E-state index is -0.190. The summed E-state index contributed by atoms with van der Waals surface area (Å²) in [5, 5.41) is 6.17. The Bertz CT molecular complexity index is 1030. The zero-order valence-electron chi connectivity index (χ0n) is 17.9. The molecular formula is C25H28N4O. The highest BCUT2D eigenvalue weighted by Gasteiger charge is 2.11. The molecule has 1 aliphatic rings. The van der Waals surface area contributed by atoms with Crippen LogP contribution in [0, 0.1) is 6.92 Å². The summed E-state index contributed by atoms with van der Waals surface area (Å²) in [7, 11) is 0. The van der Waals surface area contributed by atoms with E-state index in [0.29, 0.717) is 12.3 Å². The van der Waals surface area contributed by atoms with Crippen molar-refractivity contribution >= 4 is 22.9 Å². The summed E-state index contributed by atoms with van der Waals surface area (Å²) in [6.45, 7) is 8.19. The van der Waals surface area contributed by atoms with Gasteiger partial charge in [0.25, 0.3) is 5.91 Å². The number of benzene rings is 1. The van der Waals surface area contributed by atoms with E-state index >= 15 is 0 Å². The number of pyridine rings is 1. The molecule has 0 bridgehead atoms. The highest BCUT2D eigenvalue weighted by molar-refractivity contribution is 6.38. The molecule has 0 saturated carbocycles. The first-order valence-electron chi connectivity index (χ1n) is 10.1. The fraction of sp³-hybridized carbons (Fsp3) is 0.240. The van der Waals surface area contributed by atoms with Crippen molar-refractivity contribution in [3.05, 3.63) is 89.4 Å². The van der Waals surface area contributed by atoms with E-state index in [4.69, 9.17) is 0 Å². The van der Waals surface area contributed by atoms with Crippen LogP contribution < -0.4 is 10.6 Å². The number of aromatic nitrogens is 1. The lowest BCUT2D eigenvalue weighted by Gasteiger charge is -2.16. The van der Waals surface area contributed by atoms with Gasteiger partial charge >= 0.3 is 0 Å². The van der Waals surface area contributed by atoms with Gasteiger partial charge in [-0.25, -0.2) is 4.99 Å². The van der Waals surface area contributed by atoms with Crippen molar-refractivity contribution in [2.75, 3.05) is 0 Å². The predicted molar refractivity (Wildman–Crippen MR) is 124 cm³/mol. The SMILES string of the molecule is C/C=C(\N=C(C)C(=O)NCc1cnc(C2=CC(C)NC=C2)c(C)c1)c1ccccc1. The molecule has 0 fully saturated rings. The monoisotopic (exact) mass is 400 g/mol. The van der Waals surface area contributed by atoms with Crippen LogP contribution in [0.4, 0.5) is 0 Å². The minimum Gasteiger partial charge on any atom is -0.385 e. The lowest BCUT2D eigenvalue weighted by molar-refractivity contribution is -0.115. The van der Waals surface area contributed by atoms with Crippen LogP contribution >= 0.6 is 0 Å². The van der Waals surface area contributed by atoms with Crippen LogP contribution in [0.2, 0.25) is 0 Å². The van der Waals surface area contributed by atoms with Gasteiger partial charge in [-0.2, -0.15) is 0 Å². The number of amides is 1. The average molecular weight is 401 g/mol. The van der Waals surface area contributed by atoms with Crippen molar-refractivity contribution < 1.29 is 4.79 Å². The number of hydrogen-bond donors (Lipinski definition) is 2. The molecule has 1 aliphatic heterocycles. The summed E-state index contributed by atoms with van der Waals surface area (Å²) in [6, 6.07) is 12.2. The van der Waals surface area contributed by atoms with Gasteiger partial charge in [-0.3, -0.25) is 9.78 Å². The lowest BCUT2D eigenvalue weighted by atomic mass is 10.0. The standard InChI is InChI=1S/C25H28N4O/c1-5-23(21-9-7-6-8-10-21)29-19(4)25(30)28-16-20-13-17(2)24(27-15-20)22-11-12-26-18(3)14-22/h5-15,18,26H,16H2,1-4H3,(H,28,30)/b23-5-,29-19?. The number of nitrogens with one attached hydrogen (secondary N) is 2. The Morgan fingerprint density at radius 1 is 1.30 bits per heavy atom. The van der Waals surface area contributed by atoms with Crippen molar-refractivity contribution in [1.82, 2.24) is 15.6 Å². The van der Waals surface area contributed by atoms with E-state index in [1.54, 1.807) is 6.92 Å². The number of aryl methyl sites for hydroxylation is 1. The summed E-state index contributed by atoms with van der Waals surface area (Å²) in [4.78, 5) is 21.6. The number of dihydropyridines is 1. The largest absolute Gasteiger partial charge is 0.385 e. The van der Waals surface area contributed by atoms with Crippen LogP contribution in [0.15, 0.2) is 72.0 Å². The molecule has 30 heavy (non-hydrogen) atoms. The highest BCUT2D eigenvalue weighted by Crippen LogP contribution is 2.21. The number of aliphatic imine (C=N–C) groups is 1. The molecule has 2 aromatic rings. The van der Waals surface area contributed by atoms with E-state index in [2.05, 4.69) is 39.7 Å². The summed E-state index contributed by atoms with van der Waals surface area (Å²) in [6.07, 6.45) is 9.86. The second-order valence-electron chi connectivity index (χ2n) is 7.34. The first kappa shape index (κ1) is 21.2. The third-order valence-electron chi connectivity index (χ3n) is 4.87. The van der Waals surface area contributed by atoms with Crippen LogP contribution in [-0.4, -0.2) is 22.6 Å². The van der Waals surface area contributed by atoms with Crippen LogP contribution in [0.3, 0.4) is 0 Å². The quantitative estimate of drug-likeness (QED) is 0.706. The van der Waals surface area contributed by atoms with Gasteiger partial charge in [0.15, 0.2) is 0 Å². The summed E-state index contributed by atoms with van der Waals surface area (Å²) < 4.78 is 0. The second kappa shape index (κ2) is 9.83. The summed E-state index contributed by atoms with van der Waals surface area (Å²) in [5.41, 5.74) is 6.30. The van der Waals surface area contributed by atoms with Gasteiger partial charge in [0.2, 0.25) is 0 Å². The van der Waals surface area contributed by atoms with Crippen molar-refractivity contribution in [2.45, 2.75) is 40.3 Å². The molecule has 1 amide bonds. The Labute approximate surface area is 178 Å². The molecule has 1 aromatic heterocycles. The number of allylic oxidation sites excluding steroid dienone is 3. The Hall–Kier alpha value is -3.47. The maximum atomic E-state index is 12.5. The molecule has 3 rings (SSSR count). The van der Waals surface area contributed by atoms with Crippen LogP contribution in [0.5, 0.6) is 0 Å². The number of carbonyl (C=O) groups excluding carboxylic acids is 1. The van der Waals surface area contributed by atoms with E-state index in [1.807, 2.05) is 68.7 Å². The number of nitrogens with zero attached hydrogens (tertiary/aromatic N) is 2. The van der Waals surface area contributed by atoms with Crippen molar-refractivity contribution in [3.8, 4) is 0 Å². The Kier molecular flexibility index (Phi) is 6.96. The molecule has 0 saturated heterocycles. The fourth-order valence-electron chi connectivity index (χ4n) is 3.30. The smallest absolute Gasteiger partial charge is 0.265 e. The van der Waals surface area contributed by atoms with E-state index in [-0.39, 0.29) is 11.9 Å². The number of hydrogen-bond acceptors (Lipinski definition) is 4. The minimum absolute atomic E-state index is 0.190. The molecule has 2 N–H and O–H groups in total. The van der Waals surface area contributed by atoms with Gasteiger partial charge < -0.3 is 10.6 Å². The van der Waals surface area contributed by atoms with E-state index in [9.17, 15) is 4.79 Å². The van der Waals surface area contributed by atoms with Crippen molar-refractivity contribution in [1.29, 1.82) is 0 Å². The molecule has 0 radical (unpaired) electrons.